The van der Waals surface area contributed by atoms with Gasteiger partial charge in [-0.15, -0.1) is 0 Å². The van der Waals surface area contributed by atoms with E-state index in [2.05, 4.69) is 12.1 Å². The number of ether oxygens (including phenoxy) is 1. The SMILES string of the molecule is N=C1CC=CC2Oc3ccccc3C12. The second kappa shape index (κ2) is 2.71. The Bertz CT molecular complexity index is 422. The van der Waals surface area contributed by atoms with Crippen molar-refractivity contribution in [1.82, 2.24) is 0 Å². The fourth-order valence-corrected chi connectivity index (χ4v) is 2.23. The van der Waals surface area contributed by atoms with Crippen LogP contribution < -0.4 is 4.74 Å². The molecule has 1 N–H and O–H groups in total. The molecule has 0 amide bonds. The number of rotatable bonds is 0. The van der Waals surface area contributed by atoms with E-state index >= 15 is 0 Å². The second-order valence-electron chi connectivity index (χ2n) is 3.76. The van der Waals surface area contributed by atoms with Crippen LogP contribution in [0.5, 0.6) is 5.75 Å². The molecule has 1 heterocycles. The second-order valence-corrected chi connectivity index (χ2v) is 3.76. The molecule has 14 heavy (non-hydrogen) atoms. The van der Waals surface area contributed by atoms with E-state index in [1.54, 1.807) is 0 Å². The van der Waals surface area contributed by atoms with Crippen molar-refractivity contribution in [3.05, 3.63) is 42.0 Å². The van der Waals surface area contributed by atoms with Gasteiger partial charge in [0.1, 0.15) is 11.9 Å². The van der Waals surface area contributed by atoms with Crippen LogP contribution in [0.2, 0.25) is 0 Å². The molecule has 0 radical (unpaired) electrons. The van der Waals surface area contributed by atoms with Gasteiger partial charge in [0.05, 0.1) is 5.92 Å². The Morgan fingerprint density at radius 3 is 3.07 bits per heavy atom. The van der Waals surface area contributed by atoms with Gasteiger partial charge >= 0.3 is 0 Å². The molecule has 0 saturated carbocycles. The molecular formula is C12H11NO. The highest BCUT2D eigenvalue weighted by Crippen LogP contribution is 2.41. The van der Waals surface area contributed by atoms with E-state index in [9.17, 15) is 0 Å². The van der Waals surface area contributed by atoms with Crippen molar-refractivity contribution in [2.75, 3.05) is 0 Å². The lowest BCUT2D eigenvalue weighted by Crippen LogP contribution is -2.25. The third kappa shape index (κ3) is 0.939. The summed E-state index contributed by atoms with van der Waals surface area (Å²) in [6.45, 7) is 0. The van der Waals surface area contributed by atoms with Crippen molar-refractivity contribution in [3.8, 4) is 5.75 Å². The third-order valence-electron chi connectivity index (χ3n) is 2.88. The van der Waals surface area contributed by atoms with Crippen LogP contribution in [0.1, 0.15) is 17.9 Å². The fourth-order valence-electron chi connectivity index (χ4n) is 2.23. The number of allylic oxidation sites excluding steroid dienone is 1. The molecule has 0 aromatic heterocycles. The number of hydrogen-bond acceptors (Lipinski definition) is 2. The Balaban J connectivity index is 2.13. The van der Waals surface area contributed by atoms with E-state index in [-0.39, 0.29) is 12.0 Å². The van der Waals surface area contributed by atoms with E-state index in [4.69, 9.17) is 10.1 Å². The Kier molecular flexibility index (Phi) is 1.51. The summed E-state index contributed by atoms with van der Waals surface area (Å²) in [5.74, 6) is 1.11. The first-order valence-corrected chi connectivity index (χ1v) is 4.86. The lowest BCUT2D eigenvalue weighted by Gasteiger charge is -2.20. The summed E-state index contributed by atoms with van der Waals surface area (Å²) in [6.07, 6.45) is 4.92. The lowest BCUT2D eigenvalue weighted by molar-refractivity contribution is 0.272. The smallest absolute Gasteiger partial charge is 0.129 e. The minimum atomic E-state index is 0.0636. The molecular weight excluding hydrogens is 174 g/mol. The summed E-state index contributed by atoms with van der Waals surface area (Å²) >= 11 is 0. The van der Waals surface area contributed by atoms with Gasteiger partial charge in [-0.05, 0) is 12.1 Å². The Morgan fingerprint density at radius 2 is 2.14 bits per heavy atom. The Morgan fingerprint density at radius 1 is 1.29 bits per heavy atom. The summed E-state index contributed by atoms with van der Waals surface area (Å²) in [4.78, 5) is 0. The van der Waals surface area contributed by atoms with Crippen molar-refractivity contribution in [1.29, 1.82) is 5.41 Å². The number of hydrogen-bond donors (Lipinski definition) is 1. The van der Waals surface area contributed by atoms with Gasteiger partial charge in [0.2, 0.25) is 0 Å². The average molecular weight is 185 g/mol. The molecule has 2 heteroatoms. The van der Waals surface area contributed by atoms with Gasteiger partial charge in [0, 0.05) is 17.7 Å². The number of para-hydroxylation sites is 1. The molecule has 0 bridgehead atoms. The Labute approximate surface area is 82.7 Å². The highest BCUT2D eigenvalue weighted by molar-refractivity contribution is 5.92. The van der Waals surface area contributed by atoms with Gasteiger partial charge in [0.25, 0.3) is 0 Å². The van der Waals surface area contributed by atoms with E-state index in [0.29, 0.717) is 0 Å². The van der Waals surface area contributed by atoms with Crippen LogP contribution in [-0.2, 0) is 0 Å². The average Bonchev–Trinajstić information content (AvgIpc) is 2.57. The quantitative estimate of drug-likeness (QED) is 0.619. The van der Waals surface area contributed by atoms with Crippen molar-refractivity contribution >= 4 is 5.71 Å². The normalized spacial score (nSPS) is 28.1. The van der Waals surface area contributed by atoms with Crippen LogP contribution in [0.15, 0.2) is 36.4 Å². The molecule has 2 nitrogen and oxygen atoms in total. The fraction of sp³-hybridized carbons (Fsp3) is 0.250. The van der Waals surface area contributed by atoms with Gasteiger partial charge in [0.15, 0.2) is 0 Å². The first-order chi connectivity index (χ1) is 6.86. The molecule has 1 aromatic rings. The third-order valence-corrected chi connectivity index (χ3v) is 2.88. The molecule has 2 unspecified atom stereocenters. The Hall–Kier alpha value is -1.57. The molecule has 0 fully saturated rings. The van der Waals surface area contributed by atoms with E-state index in [0.717, 1.165) is 17.9 Å². The highest BCUT2D eigenvalue weighted by atomic mass is 16.5. The first-order valence-electron chi connectivity index (χ1n) is 4.86. The molecule has 1 aromatic carbocycles. The van der Waals surface area contributed by atoms with Crippen LogP contribution >= 0.6 is 0 Å². The van der Waals surface area contributed by atoms with Crippen LogP contribution in [0.25, 0.3) is 0 Å². The van der Waals surface area contributed by atoms with Crippen molar-refractivity contribution in [3.63, 3.8) is 0 Å². The van der Waals surface area contributed by atoms with Crippen LogP contribution in [0, 0.1) is 5.41 Å². The van der Waals surface area contributed by atoms with Gasteiger partial charge in [-0.1, -0.05) is 24.3 Å². The highest BCUT2D eigenvalue weighted by Gasteiger charge is 2.36. The summed E-state index contributed by atoms with van der Waals surface area (Å²) in [5, 5.41) is 7.92. The summed E-state index contributed by atoms with van der Waals surface area (Å²) < 4.78 is 5.75. The van der Waals surface area contributed by atoms with Gasteiger partial charge in [-0.2, -0.15) is 0 Å². The summed E-state index contributed by atoms with van der Waals surface area (Å²) in [7, 11) is 0. The van der Waals surface area contributed by atoms with Crippen molar-refractivity contribution < 1.29 is 4.74 Å². The maximum absolute atomic E-state index is 7.92. The van der Waals surface area contributed by atoms with E-state index in [1.165, 1.54) is 5.56 Å². The number of fused-ring (bicyclic) bond motifs is 3. The van der Waals surface area contributed by atoms with Crippen LogP contribution in [-0.4, -0.2) is 11.8 Å². The predicted octanol–water partition coefficient (Wildman–Crippen LogP) is 2.51. The first kappa shape index (κ1) is 7.80. The zero-order valence-corrected chi connectivity index (χ0v) is 7.73. The zero-order chi connectivity index (χ0) is 9.54. The molecule has 1 aliphatic carbocycles. The minimum absolute atomic E-state index is 0.0636. The molecule has 3 rings (SSSR count). The summed E-state index contributed by atoms with van der Waals surface area (Å²) in [6, 6.07) is 8.03. The van der Waals surface area contributed by atoms with Crippen LogP contribution in [0.3, 0.4) is 0 Å². The van der Waals surface area contributed by atoms with Gasteiger partial charge < -0.3 is 10.1 Å². The monoisotopic (exact) mass is 185 g/mol. The van der Waals surface area contributed by atoms with E-state index < -0.39 is 0 Å². The minimum Gasteiger partial charge on any atom is -0.485 e. The van der Waals surface area contributed by atoms with Gasteiger partial charge in [-0.3, -0.25) is 0 Å². The molecule has 2 aliphatic rings. The number of nitrogens with one attached hydrogen (secondary N) is 1. The summed E-state index contributed by atoms with van der Waals surface area (Å²) in [5.41, 5.74) is 1.94. The largest absolute Gasteiger partial charge is 0.485 e. The predicted molar refractivity (Wildman–Crippen MR) is 55.1 cm³/mol. The zero-order valence-electron chi connectivity index (χ0n) is 7.73. The van der Waals surface area contributed by atoms with Crippen molar-refractivity contribution in [2.24, 2.45) is 0 Å². The van der Waals surface area contributed by atoms with Gasteiger partial charge in [-0.25, -0.2) is 0 Å². The standard InChI is InChI=1S/C12H11NO/c13-9-5-3-7-11-12(9)8-4-1-2-6-10(8)14-11/h1-4,6-7,11-13H,5H2. The molecule has 2 atom stereocenters. The molecule has 70 valence electrons. The van der Waals surface area contributed by atoms with Crippen LogP contribution in [0.4, 0.5) is 0 Å². The molecule has 0 spiro atoms. The lowest BCUT2D eigenvalue weighted by atomic mass is 9.85. The maximum atomic E-state index is 7.92. The topological polar surface area (TPSA) is 33.1 Å². The molecule has 1 aliphatic heterocycles. The van der Waals surface area contributed by atoms with Crippen molar-refractivity contribution in [2.45, 2.75) is 18.4 Å². The number of benzene rings is 1. The molecule has 0 saturated heterocycles. The van der Waals surface area contributed by atoms with E-state index in [1.807, 2.05) is 24.3 Å². The maximum Gasteiger partial charge on any atom is 0.129 e.